The largest absolute Gasteiger partial charge is 0.508 e. The van der Waals surface area contributed by atoms with E-state index in [1.165, 1.54) is 10.9 Å². The molecule has 3 atom stereocenters. The lowest BCUT2D eigenvalue weighted by Gasteiger charge is -2.32. The number of aromatic nitrogens is 4. The van der Waals surface area contributed by atoms with E-state index in [1.807, 2.05) is 13.8 Å². The van der Waals surface area contributed by atoms with Gasteiger partial charge in [-0.2, -0.15) is 14.4 Å². The van der Waals surface area contributed by atoms with Crippen LogP contribution in [0.5, 0.6) is 0 Å². The smallest absolute Gasteiger partial charge is 0.458 e. The third-order valence-electron chi connectivity index (χ3n) is 6.50. The fourth-order valence-electron chi connectivity index (χ4n) is 4.11. The van der Waals surface area contributed by atoms with Gasteiger partial charge in [0, 0.05) is 12.8 Å². The SMILES string of the molecule is C#C[C@]1(COC(=O)OC(CC)(CC)CC=C)O[C@@H](n2cnc3c(N)nc(F)nc32)C[C@@H]1OC(=O)C(C)C. The van der Waals surface area contributed by atoms with E-state index in [4.69, 9.17) is 31.1 Å². The highest BCUT2D eigenvalue weighted by atomic mass is 19.1. The minimum Gasteiger partial charge on any atom is -0.458 e. The Bertz CT molecular complexity index is 1200. The van der Waals surface area contributed by atoms with Gasteiger partial charge in [0.15, 0.2) is 17.0 Å². The summed E-state index contributed by atoms with van der Waals surface area (Å²) in [5.74, 6) is 1.37. The summed E-state index contributed by atoms with van der Waals surface area (Å²) in [7, 11) is 0. The van der Waals surface area contributed by atoms with Gasteiger partial charge in [-0.3, -0.25) is 9.36 Å². The number of hydrogen-bond donors (Lipinski definition) is 1. The highest BCUT2D eigenvalue weighted by Crippen LogP contribution is 2.40. The molecule has 37 heavy (non-hydrogen) atoms. The highest BCUT2D eigenvalue weighted by molar-refractivity contribution is 5.81. The fourth-order valence-corrected chi connectivity index (χ4v) is 4.11. The van der Waals surface area contributed by atoms with Gasteiger partial charge in [0.2, 0.25) is 5.60 Å². The van der Waals surface area contributed by atoms with Crippen molar-refractivity contribution < 1.29 is 32.9 Å². The first-order chi connectivity index (χ1) is 17.5. The van der Waals surface area contributed by atoms with Crippen molar-refractivity contribution in [1.29, 1.82) is 0 Å². The first-order valence-corrected chi connectivity index (χ1v) is 12.0. The minimum absolute atomic E-state index is 0.0440. The fraction of sp³-hybridized carbons (Fsp3) is 0.560. The Hall–Kier alpha value is -3.72. The molecule has 0 saturated carbocycles. The number of anilines is 1. The van der Waals surface area contributed by atoms with E-state index in [0.717, 1.165) is 0 Å². The van der Waals surface area contributed by atoms with Crippen LogP contribution < -0.4 is 5.73 Å². The van der Waals surface area contributed by atoms with Crippen LogP contribution in [-0.4, -0.2) is 55.6 Å². The molecule has 0 bridgehead atoms. The number of imidazole rings is 1. The molecule has 1 fully saturated rings. The molecular formula is C25H32FN5O6. The Kier molecular flexibility index (Phi) is 8.38. The van der Waals surface area contributed by atoms with E-state index in [9.17, 15) is 14.0 Å². The number of nitrogen functional groups attached to an aromatic ring is 1. The monoisotopic (exact) mass is 517 g/mol. The normalized spacial score (nSPS) is 21.5. The molecule has 11 nitrogen and oxygen atoms in total. The zero-order valence-corrected chi connectivity index (χ0v) is 21.4. The third kappa shape index (κ3) is 5.67. The maximum Gasteiger partial charge on any atom is 0.508 e. The molecular weight excluding hydrogens is 485 g/mol. The number of carbonyl (C=O) groups is 2. The third-order valence-corrected chi connectivity index (χ3v) is 6.50. The topological polar surface area (TPSA) is 141 Å². The zero-order valence-electron chi connectivity index (χ0n) is 21.4. The van der Waals surface area contributed by atoms with Gasteiger partial charge in [0.1, 0.15) is 24.5 Å². The standard InChI is InChI=1S/C25H32FN5O6/c1-7-11-24(8-2,9-3)37-23(33)34-13-25(10-4)16(35-21(32)15(5)6)12-17(36-25)31-14-28-18-19(27)29-22(26)30-20(18)31/h4,7,14-17H,1,8-9,11-13H2,2-3,5-6H3,(H2,27,29,30)/t16-,17+,25+/m0/s1. The summed E-state index contributed by atoms with van der Waals surface area (Å²) in [5.41, 5.74) is 3.56. The summed E-state index contributed by atoms with van der Waals surface area (Å²) in [4.78, 5) is 36.5. The first-order valence-electron chi connectivity index (χ1n) is 12.0. The van der Waals surface area contributed by atoms with Gasteiger partial charge in [0.05, 0.1) is 12.2 Å². The summed E-state index contributed by atoms with van der Waals surface area (Å²) in [5, 5.41) is 0. The van der Waals surface area contributed by atoms with E-state index in [0.29, 0.717) is 19.3 Å². The van der Waals surface area contributed by atoms with Crippen molar-refractivity contribution in [3.8, 4) is 12.3 Å². The van der Waals surface area contributed by atoms with E-state index in [-0.39, 0.29) is 23.4 Å². The van der Waals surface area contributed by atoms with Crippen molar-refractivity contribution in [3.63, 3.8) is 0 Å². The highest BCUT2D eigenvalue weighted by Gasteiger charge is 2.53. The Balaban J connectivity index is 1.89. The number of hydrogen-bond acceptors (Lipinski definition) is 10. The van der Waals surface area contributed by atoms with Gasteiger partial charge < -0.3 is 24.7 Å². The number of nitrogens with zero attached hydrogens (tertiary/aromatic N) is 4. The molecule has 0 aromatic carbocycles. The average Bonchev–Trinajstić information content (AvgIpc) is 3.44. The minimum atomic E-state index is -1.67. The molecule has 2 aromatic rings. The van der Waals surface area contributed by atoms with Crippen molar-refractivity contribution in [2.75, 3.05) is 12.3 Å². The lowest BCUT2D eigenvalue weighted by Crippen LogP contribution is -2.46. The molecule has 0 amide bonds. The predicted molar refractivity (Wildman–Crippen MR) is 131 cm³/mol. The molecule has 0 radical (unpaired) electrons. The van der Waals surface area contributed by atoms with Crippen LogP contribution in [0.15, 0.2) is 19.0 Å². The number of carbonyl (C=O) groups excluding carboxylic acids is 2. The number of esters is 1. The van der Waals surface area contributed by atoms with E-state index < -0.39 is 54.3 Å². The Labute approximate surface area is 214 Å². The van der Waals surface area contributed by atoms with Crippen LogP contribution in [-0.2, 0) is 23.7 Å². The van der Waals surface area contributed by atoms with Crippen LogP contribution in [0.3, 0.4) is 0 Å². The summed E-state index contributed by atoms with van der Waals surface area (Å²) in [6.07, 6.45) is 6.55. The molecule has 2 aromatic heterocycles. The number of terminal acetylenes is 1. The second-order valence-electron chi connectivity index (χ2n) is 9.15. The maximum absolute atomic E-state index is 13.9. The first kappa shape index (κ1) is 27.9. The Morgan fingerprint density at radius 3 is 2.73 bits per heavy atom. The average molecular weight is 518 g/mol. The zero-order chi connectivity index (χ0) is 27.4. The van der Waals surface area contributed by atoms with E-state index >= 15 is 0 Å². The second kappa shape index (κ2) is 11.1. The van der Waals surface area contributed by atoms with E-state index in [2.05, 4.69) is 27.5 Å². The van der Waals surface area contributed by atoms with Crippen molar-refractivity contribution in [2.24, 2.45) is 5.92 Å². The van der Waals surface area contributed by atoms with E-state index in [1.54, 1.807) is 19.9 Å². The molecule has 3 heterocycles. The van der Waals surface area contributed by atoms with Crippen molar-refractivity contribution in [3.05, 3.63) is 25.1 Å². The van der Waals surface area contributed by atoms with Gasteiger partial charge in [-0.05, 0) is 12.8 Å². The van der Waals surface area contributed by atoms with Gasteiger partial charge in [0.25, 0.3) is 0 Å². The summed E-state index contributed by atoms with van der Waals surface area (Å²) < 4.78 is 38.1. The number of rotatable bonds is 10. The molecule has 1 saturated heterocycles. The van der Waals surface area contributed by atoms with Gasteiger partial charge in [-0.1, -0.05) is 39.7 Å². The molecule has 3 rings (SSSR count). The lowest BCUT2D eigenvalue weighted by atomic mass is 9.93. The molecule has 200 valence electrons. The summed E-state index contributed by atoms with van der Waals surface area (Å²) in [6, 6.07) is 0. The molecule has 1 aliphatic heterocycles. The van der Waals surface area contributed by atoms with Gasteiger partial charge >= 0.3 is 18.2 Å². The number of fused-ring (bicyclic) bond motifs is 1. The van der Waals surface area contributed by atoms with Crippen molar-refractivity contribution in [2.45, 2.75) is 76.9 Å². The quantitative estimate of drug-likeness (QED) is 0.215. The molecule has 2 N–H and O–H groups in total. The molecule has 0 spiro atoms. The van der Waals surface area contributed by atoms with Crippen LogP contribution in [0, 0.1) is 24.3 Å². The van der Waals surface area contributed by atoms with Gasteiger partial charge in [-0.15, -0.1) is 13.0 Å². The van der Waals surface area contributed by atoms with Crippen LogP contribution in [0.4, 0.5) is 15.0 Å². The van der Waals surface area contributed by atoms with Crippen LogP contribution in [0.25, 0.3) is 11.2 Å². The number of ether oxygens (including phenoxy) is 4. The lowest BCUT2D eigenvalue weighted by molar-refractivity contribution is -0.163. The Morgan fingerprint density at radius 2 is 2.14 bits per heavy atom. The van der Waals surface area contributed by atoms with Crippen LogP contribution in [0.1, 0.15) is 59.6 Å². The molecule has 1 aliphatic rings. The van der Waals surface area contributed by atoms with Crippen LogP contribution in [0.2, 0.25) is 0 Å². The predicted octanol–water partition coefficient (Wildman–Crippen LogP) is 3.69. The number of nitrogens with two attached hydrogens (primary N) is 1. The molecule has 0 aliphatic carbocycles. The van der Waals surface area contributed by atoms with Crippen molar-refractivity contribution in [1.82, 2.24) is 19.5 Å². The van der Waals surface area contributed by atoms with Crippen LogP contribution >= 0.6 is 0 Å². The Morgan fingerprint density at radius 1 is 1.43 bits per heavy atom. The summed E-state index contributed by atoms with van der Waals surface area (Å²) in [6.45, 7) is 10.4. The molecule has 12 heteroatoms. The summed E-state index contributed by atoms with van der Waals surface area (Å²) >= 11 is 0. The maximum atomic E-state index is 13.9. The second-order valence-corrected chi connectivity index (χ2v) is 9.15. The molecule has 0 unspecified atom stereocenters. The number of halogens is 1. The van der Waals surface area contributed by atoms with Crippen molar-refractivity contribution >= 4 is 29.1 Å². The van der Waals surface area contributed by atoms with Gasteiger partial charge in [-0.25, -0.2) is 9.78 Å².